The number of para-hydroxylation sites is 2. The molecule has 13 aromatic rings. The van der Waals surface area contributed by atoms with E-state index in [2.05, 4.69) is 341 Å². The van der Waals surface area contributed by atoms with Gasteiger partial charge in [0.15, 0.2) is 0 Å². The molecule has 442 valence electrons. The third kappa shape index (κ3) is 9.04. The van der Waals surface area contributed by atoms with Gasteiger partial charge >= 0.3 is 371 Å². The molecule has 10 aromatic carbocycles. The topological polar surface area (TPSA) is 36.9 Å². The minimum absolute atomic E-state index is 0.0709. The van der Waals surface area contributed by atoms with Gasteiger partial charge in [0.05, 0.1) is 5.41 Å². The Labute approximate surface area is 534 Å². The summed E-state index contributed by atoms with van der Waals surface area (Å²) in [5.41, 5.74) is 26.0. The van der Waals surface area contributed by atoms with Crippen LogP contribution in [0, 0.1) is 3.80 Å². The van der Waals surface area contributed by atoms with Gasteiger partial charge in [-0.3, -0.25) is 0 Å². The fraction of sp³-hybridized carbons (Fsp3) is 0.205. The summed E-state index contributed by atoms with van der Waals surface area (Å²) in [6.07, 6.45) is 1.97. The molecule has 1 spiro atoms. The van der Waals surface area contributed by atoms with Crippen LogP contribution in [-0.2, 0) is 46.4 Å². The number of hydrogen-bond donors (Lipinski definition) is 0. The molecular formula is C83H74N4OPt. The fourth-order valence-electron chi connectivity index (χ4n) is 14.3. The maximum atomic E-state index is 7.16. The van der Waals surface area contributed by atoms with Crippen molar-refractivity contribution in [2.45, 2.75) is 110 Å². The Morgan fingerprint density at radius 2 is 0.865 bits per heavy atom. The first-order valence-electron chi connectivity index (χ1n) is 31.3. The number of fused-ring (bicyclic) bond motifs is 14. The quantitative estimate of drug-likeness (QED) is 0.159. The fourth-order valence-corrected chi connectivity index (χ4v) is 15.4. The molecule has 0 atom stereocenters. The van der Waals surface area contributed by atoms with Gasteiger partial charge in [-0.05, 0) is 61.6 Å². The Kier molecular flexibility index (Phi) is 12.9. The van der Waals surface area contributed by atoms with Crippen LogP contribution in [0.4, 0.5) is 0 Å². The van der Waals surface area contributed by atoms with Crippen LogP contribution >= 0.6 is 0 Å². The molecule has 0 amide bonds. The van der Waals surface area contributed by atoms with Crippen molar-refractivity contribution in [3.8, 4) is 73.2 Å². The van der Waals surface area contributed by atoms with Crippen LogP contribution in [-0.4, -0.2) is 18.7 Å². The van der Waals surface area contributed by atoms with Gasteiger partial charge in [0.25, 0.3) is 0 Å². The van der Waals surface area contributed by atoms with Crippen molar-refractivity contribution in [2.24, 2.45) is 0 Å². The first-order chi connectivity index (χ1) is 42.6. The number of ether oxygens (including phenoxy) is 1. The molecule has 6 heteroatoms. The average Bonchev–Trinajstić information content (AvgIpc) is 1.51. The van der Waals surface area contributed by atoms with Crippen LogP contribution in [0.2, 0.25) is 0 Å². The molecule has 3 aromatic heterocycles. The summed E-state index contributed by atoms with van der Waals surface area (Å²) in [6.45, 7) is 27.8. The van der Waals surface area contributed by atoms with E-state index in [0.29, 0.717) is 0 Å². The van der Waals surface area contributed by atoms with E-state index in [0.717, 1.165) is 59.9 Å². The third-order valence-electron chi connectivity index (χ3n) is 19.0. The Morgan fingerprint density at radius 3 is 1.47 bits per heavy atom. The van der Waals surface area contributed by atoms with Gasteiger partial charge in [-0.1, -0.05) is 93.6 Å². The summed E-state index contributed by atoms with van der Waals surface area (Å²) in [4.78, 5) is 5.21. The summed E-state index contributed by atoms with van der Waals surface area (Å²) >= 11 is 2.58. The van der Waals surface area contributed by atoms with Crippen molar-refractivity contribution in [1.29, 1.82) is 0 Å². The number of nitrogens with zero attached hydrogens (tertiary/aromatic N) is 4. The standard InChI is InChI=1S/C83H74N4O.Pt/c1-79(2,3)54-39-40-84-77(46-54)87-75-48-60(37-38-64(75)68-49-67-63-31-18-21-34-71(63)83(72(67)50-76(68)87)69-32-19-16-29-61(69)62-30-17-20-33-70(62)83)88-59-28-24-27-58(47-59)85-51-86(74-36-23-22-35-73(74)85)78-65(52-25-14-13-15-26-52)44-57(82(10,11)12)45-66(78)53-41-55(80(4,5)6)43-56(42-53)81(7,8)9;/h13-50H,1-12H3;. The number of pyridine rings is 1. The van der Waals surface area contributed by atoms with Crippen LogP contribution < -0.4 is 4.74 Å². The molecule has 0 aliphatic heterocycles. The number of benzene rings is 10. The molecule has 2 aliphatic carbocycles. The monoisotopic (exact) mass is 1340 g/mol. The van der Waals surface area contributed by atoms with Gasteiger partial charge in [0.1, 0.15) is 0 Å². The van der Waals surface area contributed by atoms with Gasteiger partial charge in [0.2, 0.25) is 0 Å². The normalized spacial score (nSPS) is 13.6. The van der Waals surface area contributed by atoms with Gasteiger partial charge in [0, 0.05) is 6.20 Å². The molecule has 5 nitrogen and oxygen atoms in total. The van der Waals surface area contributed by atoms with E-state index in [1.807, 2.05) is 6.20 Å². The number of rotatable bonds is 7. The van der Waals surface area contributed by atoms with Crippen molar-refractivity contribution in [2.75, 3.05) is 0 Å². The van der Waals surface area contributed by atoms with Crippen LogP contribution in [0.5, 0.6) is 11.5 Å². The van der Waals surface area contributed by atoms with E-state index in [1.165, 1.54) is 94.4 Å². The van der Waals surface area contributed by atoms with Crippen molar-refractivity contribution in [3.05, 3.63) is 279 Å². The Hall–Kier alpha value is -8.89. The molecule has 0 unspecified atom stereocenters. The summed E-state index contributed by atoms with van der Waals surface area (Å²) in [5, 5.41) is 2.31. The van der Waals surface area contributed by atoms with Crippen molar-refractivity contribution < 1.29 is 24.1 Å². The molecule has 0 fully saturated rings. The predicted octanol–water partition coefficient (Wildman–Crippen LogP) is 21.7. The molecule has 0 saturated heterocycles. The molecule has 89 heavy (non-hydrogen) atoms. The van der Waals surface area contributed by atoms with Gasteiger partial charge in [-0.25, -0.2) is 0 Å². The van der Waals surface area contributed by atoms with E-state index in [9.17, 15) is 0 Å². The zero-order chi connectivity index (χ0) is 61.7. The van der Waals surface area contributed by atoms with E-state index < -0.39 is 5.41 Å². The molecule has 0 N–H and O–H groups in total. The first kappa shape index (κ1) is 56.6. The van der Waals surface area contributed by atoms with Gasteiger partial charge in [-0.2, -0.15) is 0 Å². The summed E-state index contributed by atoms with van der Waals surface area (Å²) in [6, 6.07) is 83.8. The van der Waals surface area contributed by atoms with E-state index in [4.69, 9.17) is 9.72 Å². The summed E-state index contributed by atoms with van der Waals surface area (Å²) < 4.78 is 15.5. The third-order valence-corrected chi connectivity index (χ3v) is 20.0. The molecule has 3 heterocycles. The summed E-state index contributed by atoms with van der Waals surface area (Å²) in [7, 11) is 0. The second kappa shape index (κ2) is 20.3. The maximum absolute atomic E-state index is 7.16. The van der Waals surface area contributed by atoms with Crippen LogP contribution in [0.1, 0.15) is 128 Å². The molecule has 2 aliphatic rings. The van der Waals surface area contributed by atoms with E-state index >= 15 is 0 Å². The molecule has 0 saturated carbocycles. The molecular weight excluding hydrogens is 1260 g/mol. The number of aromatic nitrogens is 4. The average molecular weight is 1340 g/mol. The van der Waals surface area contributed by atoms with Gasteiger partial charge in [-0.15, -0.1) is 0 Å². The molecule has 15 rings (SSSR count). The van der Waals surface area contributed by atoms with Crippen LogP contribution in [0.25, 0.3) is 94.5 Å². The van der Waals surface area contributed by atoms with Crippen molar-refractivity contribution >= 4 is 32.8 Å². The Balaban J connectivity index is 0.912. The minimum atomic E-state index is -0.492. The molecule has 0 bridgehead atoms. The van der Waals surface area contributed by atoms with Crippen molar-refractivity contribution in [1.82, 2.24) is 18.7 Å². The van der Waals surface area contributed by atoms with Crippen LogP contribution in [0.15, 0.2) is 231 Å². The van der Waals surface area contributed by atoms with E-state index in [1.54, 1.807) is 0 Å². The Bertz CT molecular complexity index is 5040. The zero-order valence-corrected chi connectivity index (χ0v) is 55.2. The summed E-state index contributed by atoms with van der Waals surface area (Å²) in [5.74, 6) is 2.35. The van der Waals surface area contributed by atoms with Crippen molar-refractivity contribution in [3.63, 3.8) is 0 Å². The number of imidazole rings is 1. The Morgan fingerprint density at radius 1 is 0.348 bits per heavy atom. The first-order valence-corrected chi connectivity index (χ1v) is 32.5. The second-order valence-corrected chi connectivity index (χ2v) is 29.8. The zero-order valence-electron chi connectivity index (χ0n) is 53.0. The second-order valence-electron chi connectivity index (χ2n) is 28.8. The van der Waals surface area contributed by atoms with Crippen LogP contribution in [0.3, 0.4) is 0 Å². The number of hydrogen-bond acceptors (Lipinski definition) is 2. The van der Waals surface area contributed by atoms with E-state index in [-0.39, 0.29) is 21.7 Å². The van der Waals surface area contributed by atoms with Gasteiger partial charge < -0.3 is 0 Å². The predicted molar refractivity (Wildman–Crippen MR) is 366 cm³/mol. The SMILES string of the molecule is CC(C)(C)c1cc(-c2cc(C(C)(C)C)cc(-c3ccccc3)c2-n2[c](=[Pt])n(-c3cccc(Oc4ccc5c6cc7c(cc6n(-c6cc(C(C)(C)C)ccn6)c5c4)C4(c5ccccc5-c5ccccc54)c4ccccc4-7)c3)c3ccccc32)cc(C(C)(C)C)c1. The molecule has 0 radical (unpaired) electrons.